The Morgan fingerprint density at radius 3 is 2.26 bits per heavy atom. The molecule has 0 atom stereocenters. The first-order valence-corrected chi connectivity index (χ1v) is 11.7. The van der Waals surface area contributed by atoms with Crippen LogP contribution in [0.3, 0.4) is 0 Å². The van der Waals surface area contributed by atoms with Crippen molar-refractivity contribution in [3.63, 3.8) is 0 Å². The standard InChI is InChI=1S/C27H29N3O3S/c1-2-3-11-18-33-24-17-10-8-15-22(24)26(32)30-27(34)29-23-16-9-7-14-21(23)25(31)28-19-20-12-5-4-6-13-20/h4-10,12-17H,2-3,11,18-19H2,1H3,(H,28,31)(H2,29,30,32,34). The van der Waals surface area contributed by atoms with Crippen LogP contribution in [0.5, 0.6) is 5.75 Å². The number of unbranched alkanes of at least 4 members (excludes halogenated alkanes) is 2. The van der Waals surface area contributed by atoms with E-state index >= 15 is 0 Å². The average Bonchev–Trinajstić information content (AvgIpc) is 2.86. The molecule has 34 heavy (non-hydrogen) atoms. The van der Waals surface area contributed by atoms with Gasteiger partial charge in [0, 0.05) is 6.54 Å². The van der Waals surface area contributed by atoms with E-state index in [1.807, 2.05) is 36.4 Å². The number of amides is 2. The zero-order valence-electron chi connectivity index (χ0n) is 19.2. The van der Waals surface area contributed by atoms with Crippen LogP contribution in [0.1, 0.15) is 52.5 Å². The Bertz CT molecular complexity index is 1120. The Balaban J connectivity index is 1.61. The molecule has 0 spiro atoms. The van der Waals surface area contributed by atoms with Gasteiger partial charge in [-0.15, -0.1) is 0 Å². The number of benzene rings is 3. The van der Waals surface area contributed by atoms with Gasteiger partial charge in [0.25, 0.3) is 11.8 Å². The smallest absolute Gasteiger partial charge is 0.261 e. The molecule has 0 radical (unpaired) electrons. The SMILES string of the molecule is CCCCCOc1ccccc1C(=O)NC(=S)Nc1ccccc1C(=O)NCc1ccccc1. The molecule has 3 aromatic rings. The van der Waals surface area contributed by atoms with Crippen LogP contribution in [0.25, 0.3) is 0 Å². The van der Waals surface area contributed by atoms with Crippen LogP contribution in [0.4, 0.5) is 5.69 Å². The van der Waals surface area contributed by atoms with E-state index in [9.17, 15) is 9.59 Å². The molecule has 6 nitrogen and oxygen atoms in total. The zero-order chi connectivity index (χ0) is 24.2. The summed E-state index contributed by atoms with van der Waals surface area (Å²) in [5.41, 5.74) is 2.33. The quantitative estimate of drug-likeness (QED) is 0.273. The minimum absolute atomic E-state index is 0.0918. The van der Waals surface area contributed by atoms with Crippen LogP contribution >= 0.6 is 12.2 Å². The van der Waals surface area contributed by atoms with Crippen molar-refractivity contribution in [3.05, 3.63) is 95.6 Å². The molecule has 0 aliphatic heterocycles. The first-order valence-electron chi connectivity index (χ1n) is 11.3. The van der Waals surface area contributed by atoms with Crippen LogP contribution < -0.4 is 20.7 Å². The largest absolute Gasteiger partial charge is 0.493 e. The summed E-state index contributed by atoms with van der Waals surface area (Å²) in [5, 5.41) is 8.65. The topological polar surface area (TPSA) is 79.5 Å². The maximum Gasteiger partial charge on any atom is 0.261 e. The summed E-state index contributed by atoms with van der Waals surface area (Å²) in [5.74, 6) is -0.110. The predicted octanol–water partition coefficient (Wildman–Crippen LogP) is 5.31. The van der Waals surface area contributed by atoms with E-state index in [2.05, 4.69) is 22.9 Å². The Morgan fingerprint density at radius 2 is 1.50 bits per heavy atom. The summed E-state index contributed by atoms with van der Waals surface area (Å²) in [6.45, 7) is 3.08. The second-order valence-electron chi connectivity index (χ2n) is 7.67. The number of anilines is 1. The third-order valence-electron chi connectivity index (χ3n) is 5.08. The van der Waals surface area contributed by atoms with Crippen molar-refractivity contribution in [2.24, 2.45) is 0 Å². The Labute approximate surface area is 205 Å². The number of hydrogen-bond donors (Lipinski definition) is 3. The summed E-state index contributed by atoms with van der Waals surface area (Å²) in [7, 11) is 0. The Kier molecular flexibility index (Phi) is 9.61. The first kappa shape index (κ1) is 24.9. The molecular formula is C27H29N3O3S. The van der Waals surface area contributed by atoms with Gasteiger partial charge in [-0.1, -0.05) is 74.4 Å². The molecule has 0 aliphatic rings. The monoisotopic (exact) mass is 475 g/mol. The highest BCUT2D eigenvalue weighted by Crippen LogP contribution is 2.19. The molecule has 176 valence electrons. The summed E-state index contributed by atoms with van der Waals surface area (Å²) in [4.78, 5) is 25.6. The van der Waals surface area contributed by atoms with Gasteiger partial charge in [0.15, 0.2) is 5.11 Å². The highest BCUT2D eigenvalue weighted by atomic mass is 32.1. The van der Waals surface area contributed by atoms with Crippen LogP contribution in [-0.2, 0) is 6.54 Å². The Hall–Kier alpha value is -3.71. The summed E-state index contributed by atoms with van der Waals surface area (Å²) in [6.07, 6.45) is 3.09. The van der Waals surface area contributed by atoms with Crippen LogP contribution in [0.15, 0.2) is 78.9 Å². The van der Waals surface area contributed by atoms with Gasteiger partial charge >= 0.3 is 0 Å². The van der Waals surface area contributed by atoms with Crippen molar-refractivity contribution in [1.82, 2.24) is 10.6 Å². The molecule has 3 N–H and O–H groups in total. The first-order chi connectivity index (χ1) is 16.6. The van der Waals surface area contributed by atoms with Gasteiger partial charge in [-0.05, 0) is 48.5 Å². The number of thiocarbonyl (C=S) groups is 1. The number of ether oxygens (including phenoxy) is 1. The summed E-state index contributed by atoms with van der Waals surface area (Å²) in [6, 6.07) is 23.7. The molecular weight excluding hydrogens is 446 g/mol. The van der Waals surface area contributed by atoms with E-state index in [1.54, 1.807) is 42.5 Å². The second kappa shape index (κ2) is 13.1. The summed E-state index contributed by atoms with van der Waals surface area (Å²) >= 11 is 5.35. The van der Waals surface area contributed by atoms with Crippen molar-refractivity contribution >= 4 is 34.8 Å². The van der Waals surface area contributed by atoms with E-state index in [0.717, 1.165) is 24.8 Å². The number of carbonyl (C=O) groups excluding carboxylic acids is 2. The molecule has 2 amide bonds. The zero-order valence-corrected chi connectivity index (χ0v) is 20.0. The lowest BCUT2D eigenvalue weighted by Gasteiger charge is -2.15. The normalized spacial score (nSPS) is 10.3. The molecule has 7 heteroatoms. The molecule has 0 aromatic heterocycles. The van der Waals surface area contributed by atoms with Crippen molar-refractivity contribution in [3.8, 4) is 5.75 Å². The van der Waals surface area contributed by atoms with Gasteiger partial charge in [0.2, 0.25) is 0 Å². The second-order valence-corrected chi connectivity index (χ2v) is 8.08. The fraction of sp³-hybridized carbons (Fsp3) is 0.222. The van der Waals surface area contributed by atoms with E-state index < -0.39 is 0 Å². The van der Waals surface area contributed by atoms with Gasteiger partial charge in [-0.2, -0.15) is 0 Å². The molecule has 0 bridgehead atoms. The minimum Gasteiger partial charge on any atom is -0.493 e. The van der Waals surface area contributed by atoms with E-state index in [4.69, 9.17) is 17.0 Å². The van der Waals surface area contributed by atoms with Crippen LogP contribution in [0, 0.1) is 0 Å². The number of rotatable bonds is 10. The van der Waals surface area contributed by atoms with Crippen LogP contribution in [0.2, 0.25) is 0 Å². The molecule has 0 saturated heterocycles. The molecule has 0 saturated carbocycles. The third kappa shape index (κ3) is 7.42. The van der Waals surface area contributed by atoms with Crippen molar-refractivity contribution < 1.29 is 14.3 Å². The molecule has 0 unspecified atom stereocenters. The molecule has 3 aromatic carbocycles. The molecule has 0 fully saturated rings. The molecule has 0 heterocycles. The lowest BCUT2D eigenvalue weighted by molar-refractivity contribution is 0.0949. The number of hydrogen-bond acceptors (Lipinski definition) is 4. The van der Waals surface area contributed by atoms with Gasteiger partial charge in [0.05, 0.1) is 23.4 Å². The van der Waals surface area contributed by atoms with Gasteiger partial charge in [-0.25, -0.2) is 0 Å². The number of nitrogens with one attached hydrogen (secondary N) is 3. The van der Waals surface area contributed by atoms with Crippen molar-refractivity contribution in [2.75, 3.05) is 11.9 Å². The maximum absolute atomic E-state index is 12.8. The lowest BCUT2D eigenvalue weighted by Crippen LogP contribution is -2.35. The maximum atomic E-state index is 12.8. The molecule has 3 rings (SSSR count). The Morgan fingerprint density at radius 1 is 0.824 bits per heavy atom. The van der Waals surface area contributed by atoms with Crippen molar-refractivity contribution in [2.45, 2.75) is 32.7 Å². The van der Waals surface area contributed by atoms with E-state index in [1.165, 1.54) is 0 Å². The fourth-order valence-electron chi connectivity index (χ4n) is 3.30. The summed E-state index contributed by atoms with van der Waals surface area (Å²) < 4.78 is 5.80. The third-order valence-corrected chi connectivity index (χ3v) is 5.28. The number of para-hydroxylation sites is 2. The average molecular weight is 476 g/mol. The van der Waals surface area contributed by atoms with Crippen molar-refractivity contribution in [1.29, 1.82) is 0 Å². The highest BCUT2D eigenvalue weighted by molar-refractivity contribution is 7.80. The molecule has 0 aliphatic carbocycles. The minimum atomic E-state index is -0.380. The number of carbonyl (C=O) groups is 2. The van der Waals surface area contributed by atoms with Gasteiger partial charge in [0.1, 0.15) is 5.75 Å². The lowest BCUT2D eigenvalue weighted by atomic mass is 10.1. The van der Waals surface area contributed by atoms with Crippen LogP contribution in [-0.4, -0.2) is 23.5 Å². The van der Waals surface area contributed by atoms with Gasteiger partial charge < -0.3 is 15.4 Å². The van der Waals surface area contributed by atoms with E-state index in [0.29, 0.717) is 35.7 Å². The highest BCUT2D eigenvalue weighted by Gasteiger charge is 2.16. The van der Waals surface area contributed by atoms with E-state index in [-0.39, 0.29) is 16.9 Å². The van der Waals surface area contributed by atoms with Gasteiger partial charge in [-0.3, -0.25) is 14.9 Å². The predicted molar refractivity (Wildman–Crippen MR) is 139 cm³/mol. The fourth-order valence-corrected chi connectivity index (χ4v) is 3.50.